The van der Waals surface area contributed by atoms with Crippen LogP contribution in [0.5, 0.6) is 0 Å². The highest BCUT2D eigenvalue weighted by Gasteiger charge is 2.43. The lowest BCUT2D eigenvalue weighted by Gasteiger charge is -2.39. The van der Waals surface area contributed by atoms with Gasteiger partial charge in [0.1, 0.15) is 6.10 Å². The van der Waals surface area contributed by atoms with E-state index in [1.165, 1.54) is 12.1 Å². The molecule has 1 heterocycles. The summed E-state index contributed by atoms with van der Waals surface area (Å²) in [6.07, 6.45) is 5.93. The van der Waals surface area contributed by atoms with Gasteiger partial charge in [0.05, 0.1) is 10.5 Å². The molecule has 1 N–H and O–H groups in total. The number of nitro benzene ring substituents is 1. The number of dihydropyridines is 1. The van der Waals surface area contributed by atoms with Crippen LogP contribution >= 0.6 is 0 Å². The van der Waals surface area contributed by atoms with Crippen LogP contribution < -0.4 is 5.32 Å². The van der Waals surface area contributed by atoms with E-state index in [4.69, 9.17) is 4.74 Å². The van der Waals surface area contributed by atoms with E-state index < -0.39 is 16.8 Å². The minimum Gasteiger partial charge on any atom is -0.459 e. The summed E-state index contributed by atoms with van der Waals surface area (Å²) in [7, 11) is 0. The Hall–Kier alpha value is -2.96. The summed E-state index contributed by atoms with van der Waals surface area (Å²) in [5, 5.41) is 14.5. The normalized spacial score (nSPS) is 23.5. The quantitative estimate of drug-likeness (QED) is 0.400. The van der Waals surface area contributed by atoms with E-state index >= 15 is 0 Å². The van der Waals surface area contributed by atoms with Crippen LogP contribution in [0.1, 0.15) is 77.2 Å². The molecule has 1 aliphatic heterocycles. The highest BCUT2D eigenvalue weighted by molar-refractivity contribution is 6.04. The summed E-state index contributed by atoms with van der Waals surface area (Å²) in [5.74, 6) is -0.997. The van der Waals surface area contributed by atoms with Crippen molar-refractivity contribution in [3.63, 3.8) is 0 Å². The summed E-state index contributed by atoms with van der Waals surface area (Å²) in [6, 6.07) is 6.14. The number of allylic oxidation sites excluding steroid dienone is 3. The van der Waals surface area contributed by atoms with Gasteiger partial charge in [-0.25, -0.2) is 4.79 Å². The third kappa shape index (κ3) is 4.33. The van der Waals surface area contributed by atoms with Crippen molar-refractivity contribution in [1.29, 1.82) is 0 Å². The monoisotopic (exact) mass is 438 g/mol. The van der Waals surface area contributed by atoms with Crippen LogP contribution in [-0.4, -0.2) is 22.8 Å². The van der Waals surface area contributed by atoms with Crippen molar-refractivity contribution in [1.82, 2.24) is 5.32 Å². The second kappa shape index (κ2) is 8.52. The van der Waals surface area contributed by atoms with E-state index in [0.29, 0.717) is 35.2 Å². The van der Waals surface area contributed by atoms with Crippen molar-refractivity contribution < 1.29 is 19.2 Å². The fraction of sp³-hybridized carbons (Fsp3) is 0.520. The zero-order valence-electron chi connectivity index (χ0n) is 18.9. The Kier molecular flexibility index (Phi) is 5.93. The molecule has 7 heteroatoms. The van der Waals surface area contributed by atoms with Crippen molar-refractivity contribution in [2.75, 3.05) is 0 Å². The topological polar surface area (TPSA) is 98.5 Å². The molecule has 0 radical (unpaired) electrons. The number of hydrogen-bond donors (Lipinski definition) is 1. The Morgan fingerprint density at radius 1 is 1.12 bits per heavy atom. The predicted molar refractivity (Wildman–Crippen MR) is 120 cm³/mol. The van der Waals surface area contributed by atoms with Crippen molar-refractivity contribution in [3.8, 4) is 0 Å². The Morgan fingerprint density at radius 3 is 2.41 bits per heavy atom. The summed E-state index contributed by atoms with van der Waals surface area (Å²) in [5.41, 5.74) is 3.01. The molecule has 0 amide bonds. The minimum atomic E-state index is -0.591. The number of nitrogens with zero attached hydrogens (tertiary/aromatic N) is 1. The van der Waals surface area contributed by atoms with Crippen molar-refractivity contribution >= 4 is 17.4 Å². The first-order chi connectivity index (χ1) is 15.2. The maximum atomic E-state index is 13.4. The van der Waals surface area contributed by atoms with Gasteiger partial charge in [-0.1, -0.05) is 32.4 Å². The molecule has 2 aliphatic carbocycles. The summed E-state index contributed by atoms with van der Waals surface area (Å²) < 4.78 is 5.89. The smallest absolute Gasteiger partial charge is 0.337 e. The van der Waals surface area contributed by atoms with E-state index in [2.05, 4.69) is 19.2 Å². The van der Waals surface area contributed by atoms with Gasteiger partial charge >= 0.3 is 5.97 Å². The van der Waals surface area contributed by atoms with E-state index in [1.54, 1.807) is 12.1 Å². The minimum absolute atomic E-state index is 0.00238. The number of hydrogen-bond acceptors (Lipinski definition) is 6. The van der Waals surface area contributed by atoms with Crippen LogP contribution in [0.4, 0.5) is 5.69 Å². The molecule has 0 unspecified atom stereocenters. The molecule has 1 atom stereocenters. The lowest BCUT2D eigenvalue weighted by Crippen LogP contribution is -2.39. The second-order valence-electron chi connectivity index (χ2n) is 9.94. The zero-order valence-corrected chi connectivity index (χ0v) is 18.9. The molecule has 3 aliphatic rings. The Morgan fingerprint density at radius 2 is 1.78 bits per heavy atom. The zero-order chi connectivity index (χ0) is 23.0. The van der Waals surface area contributed by atoms with Crippen LogP contribution in [0.3, 0.4) is 0 Å². The molecule has 32 heavy (non-hydrogen) atoms. The number of carbonyl (C=O) groups excluding carboxylic acids is 2. The van der Waals surface area contributed by atoms with Gasteiger partial charge in [0.2, 0.25) is 0 Å². The van der Waals surface area contributed by atoms with Gasteiger partial charge in [0.15, 0.2) is 5.78 Å². The highest BCUT2D eigenvalue weighted by atomic mass is 16.6. The third-order valence-electron chi connectivity index (χ3n) is 6.72. The fourth-order valence-electron chi connectivity index (χ4n) is 5.23. The van der Waals surface area contributed by atoms with Crippen LogP contribution in [0.25, 0.3) is 0 Å². The van der Waals surface area contributed by atoms with E-state index in [1.807, 2.05) is 6.92 Å². The third-order valence-corrected chi connectivity index (χ3v) is 6.72. The Balaban J connectivity index is 1.76. The summed E-state index contributed by atoms with van der Waals surface area (Å²) in [6.45, 7) is 5.96. The number of nitrogens with one attached hydrogen (secondary N) is 1. The van der Waals surface area contributed by atoms with Crippen molar-refractivity contribution in [2.24, 2.45) is 5.41 Å². The summed E-state index contributed by atoms with van der Waals surface area (Å²) >= 11 is 0. The number of Topliss-reactive ketones (excluding diaryl/α,β-unsaturated/α-hetero) is 1. The average Bonchev–Trinajstić information content (AvgIpc) is 2.72. The van der Waals surface area contributed by atoms with E-state index in [9.17, 15) is 19.7 Å². The Labute approximate surface area is 188 Å². The molecule has 1 aromatic rings. The molecule has 0 spiro atoms. The maximum absolute atomic E-state index is 13.4. The number of carbonyl (C=O) groups is 2. The largest absolute Gasteiger partial charge is 0.459 e. The maximum Gasteiger partial charge on any atom is 0.337 e. The molecule has 0 bridgehead atoms. The van der Waals surface area contributed by atoms with Crippen molar-refractivity contribution in [2.45, 2.75) is 77.7 Å². The van der Waals surface area contributed by atoms with Gasteiger partial charge in [-0.05, 0) is 50.0 Å². The van der Waals surface area contributed by atoms with E-state index in [-0.39, 0.29) is 23.0 Å². The van der Waals surface area contributed by atoms with Gasteiger partial charge in [-0.3, -0.25) is 14.9 Å². The molecule has 1 saturated carbocycles. The summed E-state index contributed by atoms with van der Waals surface area (Å²) in [4.78, 5) is 37.3. The first-order valence-corrected chi connectivity index (χ1v) is 11.4. The number of nitro groups is 1. The molecule has 0 aromatic heterocycles. The first-order valence-electron chi connectivity index (χ1n) is 11.4. The molecular formula is C25H30N2O5. The number of esters is 1. The van der Waals surface area contributed by atoms with Gasteiger partial charge in [0.25, 0.3) is 5.69 Å². The van der Waals surface area contributed by atoms with Gasteiger partial charge < -0.3 is 10.1 Å². The number of benzene rings is 1. The molecule has 1 fully saturated rings. The standard InChI is InChI=1S/C25H30N2O5/c1-15-21(24(29)32-18-7-5-4-6-8-18)22(16-9-11-17(12-10-16)27(30)31)23-19(26-15)13-25(2,3)14-20(23)28/h9-12,18,22,26H,4-8,13-14H2,1-3H3/t22-/m0/s1. The lowest BCUT2D eigenvalue weighted by atomic mass is 9.68. The molecule has 0 saturated heterocycles. The molecule has 1 aromatic carbocycles. The number of rotatable bonds is 4. The fourth-order valence-corrected chi connectivity index (χ4v) is 5.23. The van der Waals surface area contributed by atoms with Crippen molar-refractivity contribution in [3.05, 3.63) is 62.5 Å². The number of ketones is 1. The molecular weight excluding hydrogens is 408 g/mol. The van der Waals surface area contributed by atoms with Gasteiger partial charge in [-0.2, -0.15) is 0 Å². The SMILES string of the molecule is CC1=C(C(=O)OC2CCCCC2)[C@H](c2ccc([N+](=O)[O-])cc2)C2=C(CC(C)(C)CC2=O)N1. The molecule has 4 rings (SSSR count). The van der Waals surface area contributed by atoms with Crippen LogP contribution in [0.15, 0.2) is 46.8 Å². The van der Waals surface area contributed by atoms with E-state index in [0.717, 1.165) is 37.8 Å². The van der Waals surface area contributed by atoms with Gasteiger partial charge in [-0.15, -0.1) is 0 Å². The number of non-ortho nitro benzene ring substituents is 1. The Bertz CT molecular complexity index is 1010. The van der Waals surface area contributed by atoms with Crippen LogP contribution in [0, 0.1) is 15.5 Å². The molecule has 170 valence electrons. The average molecular weight is 439 g/mol. The van der Waals surface area contributed by atoms with Crippen LogP contribution in [-0.2, 0) is 14.3 Å². The molecule has 7 nitrogen and oxygen atoms in total. The predicted octanol–water partition coefficient (Wildman–Crippen LogP) is 5.07. The first kappa shape index (κ1) is 22.2. The lowest BCUT2D eigenvalue weighted by molar-refractivity contribution is -0.384. The second-order valence-corrected chi connectivity index (χ2v) is 9.94. The highest BCUT2D eigenvalue weighted by Crippen LogP contribution is 2.47. The van der Waals surface area contributed by atoms with Crippen LogP contribution in [0.2, 0.25) is 0 Å². The van der Waals surface area contributed by atoms with Gasteiger partial charge in [0, 0.05) is 41.4 Å². The number of ether oxygens (including phenoxy) is 1.